The number of halogens is 3. The molecule has 0 aliphatic heterocycles. The third-order valence-electron chi connectivity index (χ3n) is 4.20. The van der Waals surface area contributed by atoms with Crippen LogP contribution >= 0.6 is 46.1 Å². The van der Waals surface area contributed by atoms with Crippen LogP contribution in [0.25, 0.3) is 11.3 Å². The Balaban J connectivity index is 1.49. The molecule has 0 aliphatic rings. The summed E-state index contributed by atoms with van der Waals surface area (Å²) in [7, 11) is 0. The number of rotatable bonds is 5. The maximum absolute atomic E-state index is 12.5. The molecule has 150 valence electrons. The average Bonchev–Trinajstić information content (AvgIpc) is 3.20. The molecule has 0 atom stereocenters. The second-order valence-electron chi connectivity index (χ2n) is 6.33. The summed E-state index contributed by atoms with van der Waals surface area (Å²) >= 11 is 19.3. The van der Waals surface area contributed by atoms with Gasteiger partial charge in [0.05, 0.1) is 15.7 Å². The lowest BCUT2D eigenvalue weighted by molar-refractivity contribution is 0.102. The third kappa shape index (κ3) is 4.94. The van der Waals surface area contributed by atoms with Crippen LogP contribution in [-0.4, -0.2) is 10.9 Å². The van der Waals surface area contributed by atoms with Gasteiger partial charge in [0.25, 0.3) is 5.91 Å². The highest BCUT2D eigenvalue weighted by Gasteiger charge is 2.10. The highest BCUT2D eigenvalue weighted by atomic mass is 35.5. The molecule has 0 bridgehead atoms. The summed E-state index contributed by atoms with van der Waals surface area (Å²) in [5.74, 6) is -0.269. The molecule has 0 saturated heterocycles. The van der Waals surface area contributed by atoms with Crippen LogP contribution in [0.4, 0.5) is 16.5 Å². The lowest BCUT2D eigenvalue weighted by Gasteiger charge is -2.07. The number of benzene rings is 3. The van der Waals surface area contributed by atoms with Crippen molar-refractivity contribution in [1.82, 2.24) is 4.98 Å². The van der Waals surface area contributed by atoms with E-state index in [-0.39, 0.29) is 5.91 Å². The lowest BCUT2D eigenvalue weighted by Crippen LogP contribution is -2.11. The van der Waals surface area contributed by atoms with Crippen molar-refractivity contribution < 1.29 is 4.79 Å². The number of carbonyl (C=O) groups excluding carboxylic acids is 1. The first-order valence-corrected chi connectivity index (χ1v) is 10.8. The van der Waals surface area contributed by atoms with Gasteiger partial charge in [-0.05, 0) is 54.6 Å². The lowest BCUT2D eigenvalue weighted by atomic mass is 10.1. The molecule has 0 spiro atoms. The second kappa shape index (κ2) is 9.06. The minimum Gasteiger partial charge on any atom is -0.332 e. The van der Waals surface area contributed by atoms with E-state index in [2.05, 4.69) is 15.6 Å². The number of amides is 1. The summed E-state index contributed by atoms with van der Waals surface area (Å²) < 4.78 is 0. The number of nitrogens with one attached hydrogen (secondary N) is 2. The SMILES string of the molecule is O=C(Nc1cccc(-c2csc(Nc3ccc(Cl)cc3)n2)c1)c1ccc(Cl)c(Cl)c1. The van der Waals surface area contributed by atoms with E-state index in [1.807, 2.05) is 53.9 Å². The molecule has 1 aromatic heterocycles. The molecule has 4 aromatic rings. The van der Waals surface area contributed by atoms with Crippen LogP contribution in [0.1, 0.15) is 10.4 Å². The van der Waals surface area contributed by atoms with Crippen LogP contribution in [0, 0.1) is 0 Å². The van der Waals surface area contributed by atoms with E-state index in [9.17, 15) is 4.79 Å². The fraction of sp³-hybridized carbons (Fsp3) is 0. The number of thiazole rings is 1. The Morgan fingerprint density at radius 2 is 1.67 bits per heavy atom. The van der Waals surface area contributed by atoms with E-state index in [0.29, 0.717) is 26.3 Å². The molecule has 4 nitrogen and oxygen atoms in total. The van der Waals surface area contributed by atoms with Gasteiger partial charge in [0.15, 0.2) is 5.13 Å². The summed E-state index contributed by atoms with van der Waals surface area (Å²) in [6.07, 6.45) is 0. The summed E-state index contributed by atoms with van der Waals surface area (Å²) in [4.78, 5) is 17.1. The largest absolute Gasteiger partial charge is 0.332 e. The molecule has 4 rings (SSSR count). The predicted molar refractivity (Wildman–Crippen MR) is 127 cm³/mol. The number of carbonyl (C=O) groups is 1. The number of aromatic nitrogens is 1. The Labute approximate surface area is 192 Å². The van der Waals surface area contributed by atoms with Crippen molar-refractivity contribution in [3.05, 3.63) is 92.7 Å². The molecular formula is C22H14Cl3N3OS. The van der Waals surface area contributed by atoms with E-state index < -0.39 is 0 Å². The van der Waals surface area contributed by atoms with Crippen LogP contribution in [-0.2, 0) is 0 Å². The number of hydrogen-bond acceptors (Lipinski definition) is 4. The van der Waals surface area contributed by atoms with Gasteiger partial charge in [0, 0.05) is 32.9 Å². The minimum absolute atomic E-state index is 0.269. The van der Waals surface area contributed by atoms with Gasteiger partial charge in [0.2, 0.25) is 0 Å². The fourth-order valence-corrected chi connectivity index (χ4v) is 3.88. The van der Waals surface area contributed by atoms with Gasteiger partial charge in [-0.1, -0.05) is 46.9 Å². The van der Waals surface area contributed by atoms with Crippen molar-refractivity contribution in [2.24, 2.45) is 0 Å². The molecule has 30 heavy (non-hydrogen) atoms. The number of hydrogen-bond donors (Lipinski definition) is 2. The summed E-state index contributed by atoms with van der Waals surface area (Å²) in [5, 5.41) is 10.3. The van der Waals surface area contributed by atoms with E-state index in [1.54, 1.807) is 12.1 Å². The number of anilines is 3. The van der Waals surface area contributed by atoms with Crippen molar-refractivity contribution in [1.29, 1.82) is 0 Å². The zero-order valence-electron chi connectivity index (χ0n) is 15.3. The topological polar surface area (TPSA) is 54.0 Å². The molecule has 0 unspecified atom stereocenters. The summed E-state index contributed by atoms with van der Waals surface area (Å²) in [5.41, 5.74) is 3.69. The Kier molecular flexibility index (Phi) is 6.25. The van der Waals surface area contributed by atoms with Crippen LogP contribution in [0.2, 0.25) is 15.1 Å². The average molecular weight is 475 g/mol. The van der Waals surface area contributed by atoms with Crippen LogP contribution in [0.5, 0.6) is 0 Å². The van der Waals surface area contributed by atoms with Crippen LogP contribution in [0.3, 0.4) is 0 Å². The van der Waals surface area contributed by atoms with Gasteiger partial charge >= 0.3 is 0 Å². The summed E-state index contributed by atoms with van der Waals surface area (Å²) in [6, 6.07) is 19.7. The molecule has 0 aliphatic carbocycles. The Hall–Kier alpha value is -2.57. The maximum Gasteiger partial charge on any atom is 0.255 e. The highest BCUT2D eigenvalue weighted by Crippen LogP contribution is 2.29. The van der Waals surface area contributed by atoms with Gasteiger partial charge in [-0.3, -0.25) is 4.79 Å². The molecule has 8 heteroatoms. The van der Waals surface area contributed by atoms with Crippen molar-refractivity contribution in [3.63, 3.8) is 0 Å². The number of nitrogens with zero attached hydrogens (tertiary/aromatic N) is 1. The van der Waals surface area contributed by atoms with Gasteiger partial charge in [0.1, 0.15) is 0 Å². The molecule has 0 saturated carbocycles. The fourth-order valence-electron chi connectivity index (χ4n) is 2.72. The smallest absolute Gasteiger partial charge is 0.255 e. The zero-order chi connectivity index (χ0) is 21.1. The van der Waals surface area contributed by atoms with Crippen molar-refractivity contribution in [3.8, 4) is 11.3 Å². The minimum atomic E-state index is -0.269. The standard InChI is InChI=1S/C22H14Cl3N3OS/c23-15-5-7-16(8-6-15)27-22-28-20(12-30-22)13-2-1-3-17(10-13)26-21(29)14-4-9-18(24)19(25)11-14/h1-12H,(H,26,29)(H,27,28). The van der Waals surface area contributed by atoms with Gasteiger partial charge < -0.3 is 10.6 Å². The molecule has 1 heterocycles. The first-order valence-electron chi connectivity index (χ1n) is 8.83. The van der Waals surface area contributed by atoms with Crippen molar-refractivity contribution in [2.45, 2.75) is 0 Å². The first-order chi connectivity index (χ1) is 14.5. The Morgan fingerprint density at radius 1 is 0.867 bits per heavy atom. The van der Waals surface area contributed by atoms with Gasteiger partial charge in [-0.25, -0.2) is 4.98 Å². The second-order valence-corrected chi connectivity index (χ2v) is 8.44. The molecule has 1 amide bonds. The monoisotopic (exact) mass is 473 g/mol. The van der Waals surface area contributed by atoms with Crippen molar-refractivity contribution >= 4 is 68.6 Å². The molecule has 2 N–H and O–H groups in total. The Morgan fingerprint density at radius 3 is 2.43 bits per heavy atom. The maximum atomic E-state index is 12.5. The predicted octanol–water partition coefficient (Wildman–Crippen LogP) is 7.77. The molecular weight excluding hydrogens is 461 g/mol. The molecule has 0 fully saturated rings. The zero-order valence-corrected chi connectivity index (χ0v) is 18.4. The quantitative estimate of drug-likeness (QED) is 0.311. The van der Waals surface area contributed by atoms with Crippen LogP contribution in [0.15, 0.2) is 72.1 Å². The normalized spacial score (nSPS) is 10.6. The molecule has 0 radical (unpaired) electrons. The summed E-state index contributed by atoms with van der Waals surface area (Å²) in [6.45, 7) is 0. The van der Waals surface area contributed by atoms with E-state index in [4.69, 9.17) is 34.8 Å². The van der Waals surface area contributed by atoms with E-state index in [1.165, 1.54) is 17.4 Å². The highest BCUT2D eigenvalue weighted by molar-refractivity contribution is 7.14. The first kappa shape index (κ1) is 20.7. The Bertz CT molecular complexity index is 1210. The third-order valence-corrected chi connectivity index (χ3v) is 5.95. The molecule has 3 aromatic carbocycles. The van der Waals surface area contributed by atoms with Crippen molar-refractivity contribution in [2.75, 3.05) is 10.6 Å². The van der Waals surface area contributed by atoms with E-state index in [0.717, 1.165) is 22.1 Å². The van der Waals surface area contributed by atoms with Gasteiger partial charge in [-0.15, -0.1) is 11.3 Å². The van der Waals surface area contributed by atoms with E-state index >= 15 is 0 Å². The van der Waals surface area contributed by atoms with Gasteiger partial charge in [-0.2, -0.15) is 0 Å². The van der Waals surface area contributed by atoms with Crippen LogP contribution < -0.4 is 10.6 Å².